The molecule has 1 unspecified atom stereocenters. The Hall–Kier alpha value is -2.26. The number of benzene rings is 1. The van der Waals surface area contributed by atoms with Crippen molar-refractivity contribution in [2.45, 2.75) is 26.0 Å². The number of fused-ring (bicyclic) bond motifs is 1. The number of rotatable bonds is 10. The molecule has 0 spiro atoms. The highest BCUT2D eigenvalue weighted by Gasteiger charge is 2.16. The van der Waals surface area contributed by atoms with Crippen molar-refractivity contribution in [3.05, 3.63) is 45.8 Å². The summed E-state index contributed by atoms with van der Waals surface area (Å²) in [6.07, 6.45) is 0.378. The van der Waals surface area contributed by atoms with E-state index in [0.717, 1.165) is 29.8 Å². The second-order valence-corrected chi connectivity index (χ2v) is 7.86. The second kappa shape index (κ2) is 9.98. The number of ether oxygens (including phenoxy) is 2. The quantitative estimate of drug-likeness (QED) is 0.493. The molecule has 3 rings (SSSR count). The molecule has 7 nitrogen and oxygen atoms in total. The van der Waals surface area contributed by atoms with Crippen LogP contribution in [0.5, 0.6) is 5.75 Å². The number of nitrogens with one attached hydrogen (secondary N) is 1. The van der Waals surface area contributed by atoms with Crippen LogP contribution >= 0.6 is 11.3 Å². The summed E-state index contributed by atoms with van der Waals surface area (Å²) in [4.78, 5) is 23.2. The first kappa shape index (κ1) is 21.4. The van der Waals surface area contributed by atoms with Gasteiger partial charge in [-0.25, -0.2) is 4.98 Å². The lowest BCUT2D eigenvalue weighted by Gasteiger charge is -2.23. The Labute approximate surface area is 173 Å². The summed E-state index contributed by atoms with van der Waals surface area (Å²) in [6, 6.07) is 7.65. The zero-order valence-corrected chi connectivity index (χ0v) is 17.8. The molecule has 0 saturated carbocycles. The summed E-state index contributed by atoms with van der Waals surface area (Å²) in [6.45, 7) is 4.12. The number of aliphatic hydroxyl groups excluding tert-OH is 1. The monoisotopic (exact) mass is 417 g/mol. The van der Waals surface area contributed by atoms with Crippen molar-refractivity contribution in [2.75, 3.05) is 33.9 Å². The van der Waals surface area contributed by atoms with Crippen molar-refractivity contribution in [1.29, 1.82) is 0 Å². The fourth-order valence-corrected chi connectivity index (χ4v) is 4.29. The number of thiophene rings is 1. The van der Waals surface area contributed by atoms with E-state index < -0.39 is 6.10 Å². The van der Waals surface area contributed by atoms with Crippen LogP contribution < -0.4 is 10.3 Å². The molecule has 2 heterocycles. The molecule has 2 N–H and O–H groups in total. The van der Waals surface area contributed by atoms with Gasteiger partial charge in [0.05, 0.1) is 25.1 Å². The summed E-state index contributed by atoms with van der Waals surface area (Å²) < 4.78 is 10.4. The van der Waals surface area contributed by atoms with E-state index in [-0.39, 0.29) is 5.56 Å². The molecule has 3 aromatic rings. The fraction of sp³-hybridized carbons (Fsp3) is 0.429. The highest BCUT2D eigenvalue weighted by molar-refractivity contribution is 7.17. The summed E-state index contributed by atoms with van der Waals surface area (Å²) in [5.41, 5.74) is 1.62. The maximum atomic E-state index is 12.9. The van der Waals surface area contributed by atoms with E-state index in [1.807, 2.05) is 29.6 Å². The van der Waals surface area contributed by atoms with Crippen LogP contribution in [-0.4, -0.2) is 60.0 Å². The third-order valence-corrected chi connectivity index (χ3v) is 5.46. The molecular formula is C21H27N3O4S. The van der Waals surface area contributed by atoms with Gasteiger partial charge in [0.25, 0.3) is 5.56 Å². The van der Waals surface area contributed by atoms with Crippen molar-refractivity contribution in [1.82, 2.24) is 14.9 Å². The van der Waals surface area contributed by atoms with Crippen LogP contribution in [0.25, 0.3) is 21.3 Å². The predicted octanol–water partition coefficient (Wildman–Crippen LogP) is 2.88. The summed E-state index contributed by atoms with van der Waals surface area (Å²) in [5.74, 6) is 1.34. The number of aliphatic hydroxyl groups is 1. The molecule has 0 amide bonds. The molecule has 8 heteroatoms. The molecule has 1 aromatic carbocycles. The highest BCUT2D eigenvalue weighted by atomic mass is 32.1. The van der Waals surface area contributed by atoms with E-state index in [2.05, 4.69) is 14.9 Å². The Morgan fingerprint density at radius 1 is 1.34 bits per heavy atom. The van der Waals surface area contributed by atoms with Gasteiger partial charge < -0.3 is 19.6 Å². The number of hydrogen-bond donors (Lipinski definition) is 2. The van der Waals surface area contributed by atoms with Crippen molar-refractivity contribution < 1.29 is 14.6 Å². The number of aromatic amines is 1. The smallest absolute Gasteiger partial charge is 0.260 e. The molecule has 0 saturated heterocycles. The Bertz CT molecular complexity index is 999. The zero-order chi connectivity index (χ0) is 20.8. The largest absolute Gasteiger partial charge is 0.497 e. The molecule has 29 heavy (non-hydrogen) atoms. The first-order valence-corrected chi connectivity index (χ1v) is 10.4. The van der Waals surface area contributed by atoms with E-state index in [4.69, 9.17) is 9.47 Å². The summed E-state index contributed by atoms with van der Waals surface area (Å²) in [7, 11) is 3.29. The van der Waals surface area contributed by atoms with Crippen molar-refractivity contribution in [2.24, 2.45) is 0 Å². The standard InChI is InChI=1S/C21H27N3O4S/c1-14(25)11-24(8-5-9-27-2)12-18-22-20(26)19-17(13-29-21(19)23-18)15-6-4-7-16(10-15)28-3/h4,6-7,10,13-14,25H,5,8-9,11-12H2,1-3H3,(H,22,23,26). The Morgan fingerprint density at radius 3 is 2.90 bits per heavy atom. The number of hydrogen-bond acceptors (Lipinski definition) is 7. The topological polar surface area (TPSA) is 87.7 Å². The van der Waals surface area contributed by atoms with E-state index in [0.29, 0.717) is 35.7 Å². The van der Waals surface area contributed by atoms with Crippen LogP contribution in [0.2, 0.25) is 0 Å². The van der Waals surface area contributed by atoms with Gasteiger partial charge >= 0.3 is 0 Å². The molecule has 2 aromatic heterocycles. The third-order valence-electron chi connectivity index (χ3n) is 4.59. The molecule has 0 aliphatic carbocycles. The van der Waals surface area contributed by atoms with Gasteiger partial charge in [-0.05, 0) is 31.0 Å². The van der Waals surface area contributed by atoms with Gasteiger partial charge in [0.15, 0.2) is 0 Å². The lowest BCUT2D eigenvalue weighted by Crippen LogP contribution is -2.33. The average Bonchev–Trinajstić information content (AvgIpc) is 3.12. The fourth-order valence-electron chi connectivity index (χ4n) is 3.32. The normalized spacial score (nSPS) is 12.6. The second-order valence-electron chi connectivity index (χ2n) is 7.00. The number of H-pyrrole nitrogens is 1. The maximum Gasteiger partial charge on any atom is 0.260 e. The molecular weight excluding hydrogens is 390 g/mol. The third kappa shape index (κ3) is 5.42. The van der Waals surface area contributed by atoms with Crippen LogP contribution in [-0.2, 0) is 11.3 Å². The van der Waals surface area contributed by atoms with Crippen LogP contribution in [0.4, 0.5) is 0 Å². The van der Waals surface area contributed by atoms with Gasteiger partial charge in [-0.3, -0.25) is 9.69 Å². The zero-order valence-electron chi connectivity index (χ0n) is 17.0. The minimum absolute atomic E-state index is 0.155. The van der Waals surface area contributed by atoms with Crippen LogP contribution in [0.3, 0.4) is 0 Å². The van der Waals surface area contributed by atoms with Crippen molar-refractivity contribution in [3.8, 4) is 16.9 Å². The molecule has 1 atom stereocenters. The summed E-state index contributed by atoms with van der Waals surface area (Å²) >= 11 is 1.45. The maximum absolute atomic E-state index is 12.9. The Morgan fingerprint density at radius 2 is 2.17 bits per heavy atom. The molecule has 0 fully saturated rings. The van der Waals surface area contributed by atoms with Gasteiger partial charge in [0.2, 0.25) is 0 Å². The van der Waals surface area contributed by atoms with Gasteiger partial charge in [0, 0.05) is 37.7 Å². The van der Waals surface area contributed by atoms with Crippen LogP contribution in [0.15, 0.2) is 34.4 Å². The van der Waals surface area contributed by atoms with Crippen LogP contribution in [0.1, 0.15) is 19.2 Å². The van der Waals surface area contributed by atoms with Crippen LogP contribution in [0, 0.1) is 0 Å². The van der Waals surface area contributed by atoms with E-state index >= 15 is 0 Å². The first-order valence-electron chi connectivity index (χ1n) is 9.56. The average molecular weight is 418 g/mol. The minimum Gasteiger partial charge on any atom is -0.497 e. The number of nitrogens with zero attached hydrogens (tertiary/aromatic N) is 2. The Balaban J connectivity index is 1.88. The van der Waals surface area contributed by atoms with Gasteiger partial charge in [-0.15, -0.1) is 11.3 Å². The lowest BCUT2D eigenvalue weighted by atomic mass is 10.1. The lowest BCUT2D eigenvalue weighted by molar-refractivity contribution is 0.109. The predicted molar refractivity (Wildman–Crippen MR) is 116 cm³/mol. The summed E-state index contributed by atoms with van der Waals surface area (Å²) in [5, 5.41) is 12.3. The molecule has 0 bridgehead atoms. The van der Waals surface area contributed by atoms with Crippen molar-refractivity contribution in [3.63, 3.8) is 0 Å². The highest BCUT2D eigenvalue weighted by Crippen LogP contribution is 2.32. The molecule has 0 aliphatic heterocycles. The van der Waals surface area contributed by atoms with E-state index in [1.165, 1.54) is 11.3 Å². The number of aromatic nitrogens is 2. The molecule has 0 radical (unpaired) electrons. The molecule has 0 aliphatic rings. The van der Waals surface area contributed by atoms with E-state index in [1.54, 1.807) is 21.1 Å². The minimum atomic E-state index is -0.464. The number of methoxy groups -OCH3 is 2. The SMILES string of the molecule is COCCCN(Cc1nc2scc(-c3cccc(OC)c3)c2c(=O)[nH]1)CC(C)O. The molecule has 156 valence electrons. The van der Waals surface area contributed by atoms with Gasteiger partial charge in [0.1, 0.15) is 16.4 Å². The van der Waals surface area contributed by atoms with Crippen molar-refractivity contribution >= 4 is 21.6 Å². The van der Waals surface area contributed by atoms with Gasteiger partial charge in [-0.1, -0.05) is 12.1 Å². The first-order chi connectivity index (χ1) is 14.0. The van der Waals surface area contributed by atoms with Gasteiger partial charge in [-0.2, -0.15) is 0 Å². The van der Waals surface area contributed by atoms with E-state index in [9.17, 15) is 9.90 Å². The Kier molecular flexibility index (Phi) is 7.38.